The van der Waals surface area contributed by atoms with E-state index in [1.165, 1.54) is 6.92 Å². The first-order valence-electron chi connectivity index (χ1n) is 8.79. The molecule has 132 valence electrons. The summed E-state index contributed by atoms with van der Waals surface area (Å²) in [5, 5.41) is 6.46. The molecule has 1 saturated carbocycles. The summed E-state index contributed by atoms with van der Waals surface area (Å²) >= 11 is 0. The van der Waals surface area contributed by atoms with Crippen molar-refractivity contribution in [3.8, 4) is 0 Å². The molecule has 0 saturated heterocycles. The third-order valence-electron chi connectivity index (χ3n) is 4.54. The second-order valence-electron chi connectivity index (χ2n) is 6.50. The standard InChI is InChI=1S/C19H28N2O3/c1-4-24-19(23)15-8-10-17(11-9-15)20-13(2)16-6-5-7-18(12-16)21-14(3)22/h5-7,12-13,15,17,20H,4,8-11H2,1-3H3,(H,21,22). The van der Waals surface area contributed by atoms with Gasteiger partial charge in [-0.1, -0.05) is 12.1 Å². The molecular formula is C19H28N2O3. The molecule has 1 aromatic carbocycles. The van der Waals surface area contributed by atoms with Gasteiger partial charge in [-0.25, -0.2) is 0 Å². The maximum absolute atomic E-state index is 11.8. The van der Waals surface area contributed by atoms with Crippen molar-refractivity contribution in [2.24, 2.45) is 5.92 Å². The van der Waals surface area contributed by atoms with Crippen molar-refractivity contribution < 1.29 is 14.3 Å². The van der Waals surface area contributed by atoms with Gasteiger partial charge in [0.15, 0.2) is 0 Å². The molecule has 1 unspecified atom stereocenters. The Kier molecular flexibility index (Phi) is 6.79. The Morgan fingerprint density at radius 1 is 1.25 bits per heavy atom. The van der Waals surface area contributed by atoms with Crippen LogP contribution in [-0.4, -0.2) is 24.5 Å². The summed E-state index contributed by atoms with van der Waals surface area (Å²) in [4.78, 5) is 23.0. The van der Waals surface area contributed by atoms with Gasteiger partial charge in [0.1, 0.15) is 0 Å². The summed E-state index contributed by atoms with van der Waals surface area (Å²) in [5.74, 6) is -0.0570. The van der Waals surface area contributed by atoms with Crippen LogP contribution in [0, 0.1) is 5.92 Å². The van der Waals surface area contributed by atoms with Crippen LogP contribution in [0.25, 0.3) is 0 Å². The third kappa shape index (κ3) is 5.34. The normalized spacial score (nSPS) is 21.8. The van der Waals surface area contributed by atoms with Crippen molar-refractivity contribution in [1.82, 2.24) is 5.32 Å². The minimum atomic E-state index is -0.0648. The highest BCUT2D eigenvalue weighted by atomic mass is 16.5. The van der Waals surface area contributed by atoms with Crippen molar-refractivity contribution >= 4 is 17.6 Å². The number of carbonyl (C=O) groups is 2. The topological polar surface area (TPSA) is 67.4 Å². The number of hydrogen-bond donors (Lipinski definition) is 2. The lowest BCUT2D eigenvalue weighted by Gasteiger charge is -2.30. The van der Waals surface area contributed by atoms with Crippen molar-refractivity contribution in [3.05, 3.63) is 29.8 Å². The van der Waals surface area contributed by atoms with Gasteiger partial charge in [-0.2, -0.15) is 0 Å². The number of hydrogen-bond acceptors (Lipinski definition) is 4. The number of rotatable bonds is 6. The van der Waals surface area contributed by atoms with E-state index >= 15 is 0 Å². The first kappa shape index (κ1) is 18.5. The molecule has 1 aromatic rings. The molecule has 1 aliphatic rings. The Balaban J connectivity index is 1.86. The fourth-order valence-corrected chi connectivity index (χ4v) is 3.29. The maximum Gasteiger partial charge on any atom is 0.308 e. The zero-order valence-electron chi connectivity index (χ0n) is 14.8. The average molecular weight is 332 g/mol. The molecule has 5 heteroatoms. The van der Waals surface area contributed by atoms with Crippen LogP contribution in [0.2, 0.25) is 0 Å². The third-order valence-corrected chi connectivity index (χ3v) is 4.54. The smallest absolute Gasteiger partial charge is 0.308 e. The average Bonchev–Trinajstić information content (AvgIpc) is 2.55. The number of nitrogens with one attached hydrogen (secondary N) is 2. The molecule has 0 aromatic heterocycles. The fourth-order valence-electron chi connectivity index (χ4n) is 3.29. The van der Waals surface area contributed by atoms with E-state index in [1.807, 2.05) is 25.1 Å². The summed E-state index contributed by atoms with van der Waals surface area (Å²) in [6, 6.07) is 8.52. The number of anilines is 1. The Bertz CT molecular complexity index is 565. The second kappa shape index (κ2) is 8.83. The van der Waals surface area contributed by atoms with Crippen LogP contribution in [0.5, 0.6) is 0 Å². The fraction of sp³-hybridized carbons (Fsp3) is 0.579. The molecule has 1 amide bonds. The van der Waals surface area contributed by atoms with E-state index in [4.69, 9.17) is 4.74 Å². The Labute approximate surface area is 144 Å². The van der Waals surface area contributed by atoms with Gasteiger partial charge < -0.3 is 15.4 Å². The molecule has 2 rings (SSSR count). The van der Waals surface area contributed by atoms with Gasteiger partial charge in [0, 0.05) is 24.7 Å². The molecule has 1 fully saturated rings. The number of carbonyl (C=O) groups excluding carboxylic acids is 2. The van der Waals surface area contributed by atoms with E-state index in [1.54, 1.807) is 0 Å². The SMILES string of the molecule is CCOC(=O)C1CCC(NC(C)c2cccc(NC(C)=O)c2)CC1. The highest BCUT2D eigenvalue weighted by molar-refractivity contribution is 5.88. The van der Waals surface area contributed by atoms with Crippen LogP contribution in [0.1, 0.15) is 58.1 Å². The minimum Gasteiger partial charge on any atom is -0.466 e. The van der Waals surface area contributed by atoms with Gasteiger partial charge in [0.05, 0.1) is 12.5 Å². The van der Waals surface area contributed by atoms with Crippen LogP contribution < -0.4 is 10.6 Å². The Hall–Kier alpha value is -1.88. The molecule has 1 atom stereocenters. The summed E-state index contributed by atoms with van der Waals surface area (Å²) in [6.07, 6.45) is 3.74. The predicted octanol–water partition coefficient (Wildman–Crippen LogP) is 3.42. The molecule has 1 aliphatic carbocycles. The zero-order chi connectivity index (χ0) is 17.5. The maximum atomic E-state index is 11.8. The van der Waals surface area contributed by atoms with E-state index in [2.05, 4.69) is 23.6 Å². The lowest BCUT2D eigenvalue weighted by molar-refractivity contribution is -0.149. The number of ether oxygens (including phenoxy) is 1. The molecule has 0 bridgehead atoms. The van der Waals surface area contributed by atoms with Crippen LogP contribution in [0.15, 0.2) is 24.3 Å². The number of benzene rings is 1. The minimum absolute atomic E-state index is 0.0491. The van der Waals surface area contributed by atoms with Gasteiger partial charge in [-0.15, -0.1) is 0 Å². The van der Waals surface area contributed by atoms with E-state index in [-0.39, 0.29) is 23.8 Å². The number of esters is 1. The second-order valence-corrected chi connectivity index (χ2v) is 6.50. The summed E-state index contributed by atoms with van der Waals surface area (Å²) in [7, 11) is 0. The van der Waals surface area contributed by atoms with Crippen LogP contribution in [0.4, 0.5) is 5.69 Å². The molecule has 0 radical (unpaired) electrons. The van der Waals surface area contributed by atoms with Crippen molar-refractivity contribution in [2.75, 3.05) is 11.9 Å². The van der Waals surface area contributed by atoms with Gasteiger partial charge in [0.25, 0.3) is 0 Å². The Morgan fingerprint density at radius 2 is 1.96 bits per heavy atom. The van der Waals surface area contributed by atoms with Crippen LogP contribution in [-0.2, 0) is 14.3 Å². The highest BCUT2D eigenvalue weighted by Gasteiger charge is 2.27. The molecule has 0 spiro atoms. The van der Waals surface area contributed by atoms with E-state index in [0.717, 1.165) is 36.9 Å². The Morgan fingerprint density at radius 3 is 2.58 bits per heavy atom. The summed E-state index contributed by atoms with van der Waals surface area (Å²) in [6.45, 7) is 5.95. The van der Waals surface area contributed by atoms with E-state index < -0.39 is 0 Å². The van der Waals surface area contributed by atoms with E-state index in [0.29, 0.717) is 12.6 Å². The summed E-state index contributed by atoms with van der Waals surface area (Å²) < 4.78 is 5.12. The lowest BCUT2D eigenvalue weighted by atomic mass is 9.85. The van der Waals surface area contributed by atoms with Crippen molar-refractivity contribution in [2.45, 2.75) is 58.5 Å². The van der Waals surface area contributed by atoms with Crippen molar-refractivity contribution in [1.29, 1.82) is 0 Å². The molecular weight excluding hydrogens is 304 g/mol. The zero-order valence-corrected chi connectivity index (χ0v) is 14.8. The first-order valence-corrected chi connectivity index (χ1v) is 8.79. The monoisotopic (exact) mass is 332 g/mol. The molecule has 2 N–H and O–H groups in total. The van der Waals surface area contributed by atoms with Gasteiger partial charge >= 0.3 is 5.97 Å². The molecule has 0 heterocycles. The van der Waals surface area contributed by atoms with E-state index in [9.17, 15) is 9.59 Å². The quantitative estimate of drug-likeness (QED) is 0.783. The molecule has 24 heavy (non-hydrogen) atoms. The van der Waals surface area contributed by atoms with Crippen LogP contribution >= 0.6 is 0 Å². The predicted molar refractivity (Wildman–Crippen MR) is 94.7 cm³/mol. The first-order chi connectivity index (χ1) is 11.5. The van der Waals surface area contributed by atoms with Crippen LogP contribution in [0.3, 0.4) is 0 Å². The largest absolute Gasteiger partial charge is 0.466 e. The summed E-state index contributed by atoms with van der Waals surface area (Å²) in [5.41, 5.74) is 1.97. The van der Waals surface area contributed by atoms with Gasteiger partial charge in [-0.3, -0.25) is 9.59 Å². The highest BCUT2D eigenvalue weighted by Crippen LogP contribution is 2.27. The van der Waals surface area contributed by atoms with Gasteiger partial charge in [0.2, 0.25) is 5.91 Å². The number of amides is 1. The molecule has 0 aliphatic heterocycles. The lowest BCUT2D eigenvalue weighted by Crippen LogP contribution is -2.36. The van der Waals surface area contributed by atoms with Crippen molar-refractivity contribution in [3.63, 3.8) is 0 Å². The molecule has 5 nitrogen and oxygen atoms in total. The van der Waals surface area contributed by atoms with Gasteiger partial charge in [-0.05, 0) is 57.2 Å².